The number of anilines is 1. The van der Waals surface area contributed by atoms with Crippen molar-refractivity contribution < 1.29 is 17.6 Å². The van der Waals surface area contributed by atoms with Crippen LogP contribution in [0.2, 0.25) is 0 Å². The van der Waals surface area contributed by atoms with E-state index in [0.29, 0.717) is 12.8 Å². The average molecular weight is 437 g/mol. The first-order chi connectivity index (χ1) is 14.7. The molecule has 1 N–H and O–H groups in total. The molecule has 0 saturated heterocycles. The number of nitrogens with one attached hydrogen (secondary N) is 1. The number of nitrogens with zero attached hydrogens (tertiary/aromatic N) is 6. The van der Waals surface area contributed by atoms with Gasteiger partial charge in [0.2, 0.25) is 5.92 Å². The quantitative estimate of drug-likeness (QED) is 0.430. The number of hydrogen-bond donors (Lipinski definition) is 1. The van der Waals surface area contributed by atoms with Crippen LogP contribution in [0.3, 0.4) is 0 Å². The maximum Gasteiger partial charge on any atom is 0.284 e. The minimum atomic E-state index is -2.69. The fraction of sp³-hybridized carbons (Fsp3) is 0.500. The first kappa shape index (κ1) is 21.3. The van der Waals surface area contributed by atoms with Gasteiger partial charge < -0.3 is 5.32 Å². The van der Waals surface area contributed by atoms with Gasteiger partial charge in [-0.3, -0.25) is 4.68 Å². The Labute approximate surface area is 176 Å². The van der Waals surface area contributed by atoms with E-state index in [9.17, 15) is 17.6 Å². The Morgan fingerprint density at radius 1 is 1.23 bits per heavy atom. The molecular weight excluding hydrogens is 414 g/mol. The van der Waals surface area contributed by atoms with Gasteiger partial charge in [-0.05, 0) is 37.8 Å². The number of hydrogen-bond acceptors (Lipinski definition) is 5. The number of fused-ring (bicyclic) bond motifs is 1. The molecule has 1 saturated carbocycles. The largest absolute Gasteiger partial charge is 0.374 e. The number of aliphatic imine (C=N–C) groups is 1. The average Bonchev–Trinajstić information content (AvgIpc) is 3.30. The third-order valence-corrected chi connectivity index (χ3v) is 5.46. The molecule has 0 radical (unpaired) electrons. The van der Waals surface area contributed by atoms with E-state index in [1.54, 1.807) is 24.0 Å². The summed E-state index contributed by atoms with van der Waals surface area (Å²) in [6.45, 7) is 1.83. The van der Waals surface area contributed by atoms with Crippen LogP contribution < -0.4 is 5.32 Å². The highest BCUT2D eigenvalue weighted by molar-refractivity contribution is 5.64. The van der Waals surface area contributed by atoms with Gasteiger partial charge in [-0.1, -0.05) is 0 Å². The van der Waals surface area contributed by atoms with Gasteiger partial charge in [0, 0.05) is 32.3 Å². The van der Waals surface area contributed by atoms with E-state index in [0.717, 1.165) is 11.2 Å². The van der Waals surface area contributed by atoms with Gasteiger partial charge in [0.1, 0.15) is 0 Å². The highest BCUT2D eigenvalue weighted by Crippen LogP contribution is 2.35. The van der Waals surface area contributed by atoms with E-state index in [1.165, 1.54) is 10.9 Å². The summed E-state index contributed by atoms with van der Waals surface area (Å²) >= 11 is 0. The summed E-state index contributed by atoms with van der Waals surface area (Å²) in [4.78, 5) is 8.49. The van der Waals surface area contributed by atoms with E-state index in [-0.39, 0.29) is 42.1 Å². The van der Waals surface area contributed by atoms with Crippen molar-refractivity contribution in [3.63, 3.8) is 0 Å². The second-order valence-corrected chi connectivity index (χ2v) is 7.89. The molecule has 3 aromatic rings. The van der Waals surface area contributed by atoms with Crippen molar-refractivity contribution in [3.8, 4) is 0 Å². The summed E-state index contributed by atoms with van der Waals surface area (Å²) in [6.07, 6.45) is 2.56. The standard InChI is InChI=1S/C20H23F4N7/c1-12(27-15-11-30(2)28-17(15)18(21)22)16-4-3-14-10-26-19(29-31(14)16)25-9-13-5-7-20(23,24)8-6-13/h3-4,9-13,18,27H,5-8H2,1-2H3/b25-9+. The van der Waals surface area contributed by atoms with Crippen molar-refractivity contribution in [3.05, 3.63) is 35.9 Å². The predicted molar refractivity (Wildman–Crippen MR) is 108 cm³/mol. The Morgan fingerprint density at radius 3 is 2.68 bits per heavy atom. The van der Waals surface area contributed by atoms with Crippen LogP contribution in [0, 0.1) is 5.92 Å². The van der Waals surface area contributed by atoms with E-state index in [1.807, 2.05) is 19.1 Å². The summed E-state index contributed by atoms with van der Waals surface area (Å²) in [5, 5.41) is 11.3. The zero-order chi connectivity index (χ0) is 22.2. The lowest BCUT2D eigenvalue weighted by Crippen LogP contribution is -2.25. The lowest BCUT2D eigenvalue weighted by atomic mass is 9.88. The first-order valence-electron chi connectivity index (χ1n) is 10.1. The third-order valence-electron chi connectivity index (χ3n) is 5.46. The molecule has 1 aliphatic rings. The predicted octanol–water partition coefficient (Wildman–Crippen LogP) is 5.10. The highest BCUT2D eigenvalue weighted by Gasteiger charge is 2.34. The van der Waals surface area contributed by atoms with Crippen LogP contribution in [0.15, 0.2) is 29.5 Å². The third kappa shape index (κ3) is 4.70. The van der Waals surface area contributed by atoms with Crippen LogP contribution in [-0.4, -0.2) is 36.5 Å². The number of rotatable bonds is 6. The SMILES string of the molecule is CC(Nc1cn(C)nc1C(F)F)c1ccc2cnc(/N=C/C3CCC(F)(F)CC3)nn12. The molecule has 0 spiro atoms. The minimum absolute atomic E-state index is 0.0259. The number of aryl methyl sites for hydroxylation is 1. The van der Waals surface area contributed by atoms with Crippen molar-refractivity contribution in [2.75, 3.05) is 5.32 Å². The lowest BCUT2D eigenvalue weighted by molar-refractivity contribution is -0.0390. The Bertz CT molecular complexity index is 1080. The monoisotopic (exact) mass is 437 g/mol. The second kappa shape index (κ2) is 8.27. The van der Waals surface area contributed by atoms with Crippen LogP contribution in [0.5, 0.6) is 0 Å². The fourth-order valence-electron chi connectivity index (χ4n) is 3.77. The molecule has 4 rings (SSSR count). The molecule has 1 unspecified atom stereocenters. The number of aromatic nitrogens is 5. The van der Waals surface area contributed by atoms with Gasteiger partial charge in [0.15, 0.2) is 5.69 Å². The number of halogens is 4. The van der Waals surface area contributed by atoms with Gasteiger partial charge in [0.05, 0.1) is 29.1 Å². The molecule has 7 nitrogen and oxygen atoms in total. The van der Waals surface area contributed by atoms with Crippen molar-refractivity contribution in [1.82, 2.24) is 24.4 Å². The molecule has 0 bridgehead atoms. The zero-order valence-corrected chi connectivity index (χ0v) is 17.1. The Kier molecular flexibility index (Phi) is 5.67. The molecule has 0 amide bonds. The van der Waals surface area contributed by atoms with Crippen molar-refractivity contribution in [2.24, 2.45) is 18.0 Å². The van der Waals surface area contributed by atoms with Gasteiger partial charge in [-0.25, -0.2) is 32.1 Å². The smallest absolute Gasteiger partial charge is 0.284 e. The lowest BCUT2D eigenvalue weighted by Gasteiger charge is -2.25. The van der Waals surface area contributed by atoms with Crippen LogP contribution >= 0.6 is 0 Å². The Hall–Kier alpha value is -2.98. The first-order valence-corrected chi connectivity index (χ1v) is 10.1. The van der Waals surface area contributed by atoms with Gasteiger partial charge in [-0.15, -0.1) is 5.10 Å². The number of alkyl halides is 4. The molecule has 0 aromatic carbocycles. The van der Waals surface area contributed by atoms with Gasteiger partial charge >= 0.3 is 0 Å². The topological polar surface area (TPSA) is 72.4 Å². The minimum Gasteiger partial charge on any atom is -0.374 e. The summed E-state index contributed by atoms with van der Waals surface area (Å²) in [6, 6.07) is 3.30. The molecule has 166 valence electrons. The van der Waals surface area contributed by atoms with Gasteiger partial charge in [0.25, 0.3) is 12.4 Å². The summed E-state index contributed by atoms with van der Waals surface area (Å²) in [5.41, 5.74) is 1.39. The van der Waals surface area contributed by atoms with Gasteiger partial charge in [-0.2, -0.15) is 5.10 Å². The molecule has 3 heterocycles. The van der Waals surface area contributed by atoms with Crippen LogP contribution in [0.25, 0.3) is 5.52 Å². The molecular formula is C20H23F4N7. The molecule has 1 aliphatic carbocycles. The molecule has 3 aromatic heterocycles. The van der Waals surface area contributed by atoms with Crippen molar-refractivity contribution >= 4 is 23.4 Å². The molecule has 0 aliphatic heterocycles. The Morgan fingerprint density at radius 2 is 1.97 bits per heavy atom. The summed E-state index contributed by atoms with van der Waals surface area (Å²) in [7, 11) is 1.58. The molecule has 1 fully saturated rings. The maximum atomic E-state index is 13.3. The van der Waals surface area contributed by atoms with E-state index in [4.69, 9.17) is 0 Å². The second-order valence-electron chi connectivity index (χ2n) is 7.89. The van der Waals surface area contributed by atoms with Crippen molar-refractivity contribution in [2.45, 2.75) is 51.0 Å². The van der Waals surface area contributed by atoms with Crippen LogP contribution in [0.4, 0.5) is 29.2 Å². The van der Waals surface area contributed by atoms with E-state index >= 15 is 0 Å². The highest BCUT2D eigenvalue weighted by atomic mass is 19.3. The normalized spacial score (nSPS) is 18.3. The van der Waals surface area contributed by atoms with E-state index in [2.05, 4.69) is 25.5 Å². The molecule has 31 heavy (non-hydrogen) atoms. The van der Waals surface area contributed by atoms with Crippen molar-refractivity contribution in [1.29, 1.82) is 0 Å². The summed E-state index contributed by atoms with van der Waals surface area (Å²) < 4.78 is 56.0. The Balaban J connectivity index is 1.52. The van der Waals surface area contributed by atoms with Crippen LogP contribution in [-0.2, 0) is 7.05 Å². The zero-order valence-electron chi connectivity index (χ0n) is 17.1. The van der Waals surface area contributed by atoms with E-state index < -0.39 is 12.3 Å². The molecule has 1 atom stereocenters. The fourth-order valence-corrected chi connectivity index (χ4v) is 3.77. The molecule has 11 heteroatoms. The maximum absolute atomic E-state index is 13.3. The summed E-state index contributed by atoms with van der Waals surface area (Å²) in [5.74, 6) is -2.40. The van der Waals surface area contributed by atoms with Crippen LogP contribution in [0.1, 0.15) is 56.5 Å².